The number of aliphatic hydroxyl groups is 1. The van der Waals surface area contributed by atoms with Gasteiger partial charge >= 0.3 is 0 Å². The summed E-state index contributed by atoms with van der Waals surface area (Å²) in [4.78, 5) is 9.54. The summed E-state index contributed by atoms with van der Waals surface area (Å²) in [5, 5.41) is 18.6. The second-order valence-corrected chi connectivity index (χ2v) is 2.44. The highest BCUT2D eigenvalue weighted by atomic mass is 19.1. The van der Waals surface area contributed by atoms with Crippen molar-refractivity contribution in [1.82, 2.24) is 0 Å². The van der Waals surface area contributed by atoms with Crippen molar-refractivity contribution in [2.75, 3.05) is 13.2 Å². The van der Waals surface area contributed by atoms with E-state index in [0.29, 0.717) is 0 Å². The van der Waals surface area contributed by atoms with E-state index in [0.717, 1.165) is 18.2 Å². The Morgan fingerprint density at radius 2 is 2.29 bits per heavy atom. The monoisotopic (exact) mass is 201 g/mol. The maximum atomic E-state index is 13.0. The molecule has 0 aliphatic carbocycles. The average Bonchev–Trinajstić information content (AvgIpc) is 2.15. The van der Waals surface area contributed by atoms with Crippen molar-refractivity contribution >= 4 is 5.69 Å². The van der Waals surface area contributed by atoms with Crippen molar-refractivity contribution in [3.8, 4) is 5.75 Å². The Labute approximate surface area is 78.9 Å². The number of nitrogens with zero attached hydrogens (tertiary/aromatic N) is 1. The lowest BCUT2D eigenvalue weighted by Gasteiger charge is -2.04. The fraction of sp³-hybridized carbons (Fsp3) is 0.250. The third kappa shape index (κ3) is 2.40. The van der Waals surface area contributed by atoms with Gasteiger partial charge in [0.15, 0.2) is 11.6 Å². The molecule has 0 aliphatic heterocycles. The molecule has 0 atom stereocenters. The first-order valence-electron chi connectivity index (χ1n) is 3.82. The zero-order chi connectivity index (χ0) is 10.6. The minimum atomic E-state index is -0.812. The van der Waals surface area contributed by atoms with E-state index in [1.807, 2.05) is 0 Å². The molecule has 5 nitrogen and oxygen atoms in total. The van der Waals surface area contributed by atoms with E-state index in [2.05, 4.69) is 0 Å². The van der Waals surface area contributed by atoms with Crippen LogP contribution in [0.25, 0.3) is 0 Å². The molecule has 0 bridgehead atoms. The molecule has 0 aromatic heterocycles. The molecule has 1 rings (SSSR count). The van der Waals surface area contributed by atoms with Gasteiger partial charge in [0, 0.05) is 6.07 Å². The quantitative estimate of drug-likeness (QED) is 0.584. The minimum Gasteiger partial charge on any atom is -0.488 e. The fourth-order valence-corrected chi connectivity index (χ4v) is 0.876. The van der Waals surface area contributed by atoms with E-state index >= 15 is 0 Å². The molecule has 0 amide bonds. The number of halogens is 1. The van der Waals surface area contributed by atoms with Gasteiger partial charge in [0.2, 0.25) is 0 Å². The molecule has 0 spiro atoms. The molecule has 0 saturated heterocycles. The number of nitro groups is 1. The normalized spacial score (nSPS) is 9.86. The van der Waals surface area contributed by atoms with E-state index in [9.17, 15) is 14.5 Å². The molecule has 1 aromatic carbocycles. The highest BCUT2D eigenvalue weighted by molar-refractivity contribution is 5.37. The molecule has 0 fully saturated rings. The Bertz CT molecular complexity index is 342. The van der Waals surface area contributed by atoms with Crippen LogP contribution in [0.1, 0.15) is 0 Å². The summed E-state index contributed by atoms with van der Waals surface area (Å²) in [6.45, 7) is -0.287. The first-order valence-corrected chi connectivity index (χ1v) is 3.82. The number of nitro benzene ring substituents is 1. The summed E-state index contributed by atoms with van der Waals surface area (Å²) >= 11 is 0. The summed E-state index contributed by atoms with van der Waals surface area (Å²) in [6.07, 6.45) is 0. The van der Waals surface area contributed by atoms with Crippen molar-refractivity contribution in [2.24, 2.45) is 0 Å². The van der Waals surface area contributed by atoms with Crippen LogP contribution in [0.3, 0.4) is 0 Å². The van der Waals surface area contributed by atoms with Gasteiger partial charge in [-0.25, -0.2) is 4.39 Å². The Balaban J connectivity index is 2.84. The fourth-order valence-electron chi connectivity index (χ4n) is 0.876. The average molecular weight is 201 g/mol. The van der Waals surface area contributed by atoms with Crippen molar-refractivity contribution in [1.29, 1.82) is 0 Å². The van der Waals surface area contributed by atoms with Gasteiger partial charge in [-0.15, -0.1) is 0 Å². The predicted octanol–water partition coefficient (Wildman–Crippen LogP) is 1.10. The lowest BCUT2D eigenvalue weighted by Crippen LogP contribution is -2.03. The van der Waals surface area contributed by atoms with Gasteiger partial charge in [-0.1, -0.05) is 0 Å². The Morgan fingerprint density at radius 1 is 1.57 bits per heavy atom. The number of rotatable bonds is 4. The molecule has 14 heavy (non-hydrogen) atoms. The summed E-state index contributed by atoms with van der Waals surface area (Å²) < 4.78 is 17.8. The number of non-ortho nitro benzene ring substituents is 1. The molecule has 76 valence electrons. The third-order valence-electron chi connectivity index (χ3n) is 1.48. The van der Waals surface area contributed by atoms with Crippen molar-refractivity contribution in [2.45, 2.75) is 0 Å². The van der Waals surface area contributed by atoms with E-state index in [4.69, 9.17) is 9.84 Å². The second kappa shape index (κ2) is 4.52. The van der Waals surface area contributed by atoms with Gasteiger partial charge in [-0.2, -0.15) is 0 Å². The SMILES string of the molecule is O=[N+]([O-])c1ccc(OCCO)c(F)c1. The molecule has 1 aromatic rings. The highest BCUT2D eigenvalue weighted by Crippen LogP contribution is 2.22. The summed E-state index contributed by atoms with van der Waals surface area (Å²) in [7, 11) is 0. The molecule has 0 unspecified atom stereocenters. The second-order valence-electron chi connectivity index (χ2n) is 2.44. The zero-order valence-corrected chi connectivity index (χ0v) is 7.14. The first kappa shape index (κ1) is 10.4. The van der Waals surface area contributed by atoms with Crippen LogP contribution < -0.4 is 4.74 Å². The van der Waals surface area contributed by atoms with Crippen LogP contribution in [0, 0.1) is 15.9 Å². The minimum absolute atomic E-state index is 0.0469. The summed E-state index contributed by atoms with van der Waals surface area (Å²) in [6, 6.07) is 3.06. The molecular formula is C8H8FNO4. The lowest BCUT2D eigenvalue weighted by molar-refractivity contribution is -0.385. The van der Waals surface area contributed by atoms with Crippen LogP contribution in [0.5, 0.6) is 5.75 Å². The Morgan fingerprint density at radius 3 is 2.79 bits per heavy atom. The number of ether oxygens (including phenoxy) is 1. The van der Waals surface area contributed by atoms with E-state index in [1.165, 1.54) is 0 Å². The van der Waals surface area contributed by atoms with Crippen LogP contribution in [-0.4, -0.2) is 23.2 Å². The van der Waals surface area contributed by atoms with Gasteiger partial charge in [0.05, 0.1) is 17.6 Å². The van der Waals surface area contributed by atoms with Gasteiger partial charge in [0.1, 0.15) is 6.61 Å². The van der Waals surface area contributed by atoms with E-state index in [1.54, 1.807) is 0 Å². The molecular weight excluding hydrogens is 193 g/mol. The van der Waals surface area contributed by atoms with Gasteiger partial charge in [-0.3, -0.25) is 10.1 Å². The molecule has 1 N–H and O–H groups in total. The third-order valence-corrected chi connectivity index (χ3v) is 1.48. The van der Waals surface area contributed by atoms with E-state index < -0.39 is 10.7 Å². The lowest BCUT2D eigenvalue weighted by atomic mass is 10.3. The standard InChI is InChI=1S/C8H8FNO4/c9-7-5-6(10(12)13)1-2-8(7)14-4-3-11/h1-2,5,11H,3-4H2. The summed E-state index contributed by atoms with van der Waals surface area (Å²) in [5.74, 6) is -0.919. The molecule has 0 heterocycles. The smallest absolute Gasteiger partial charge is 0.272 e. The molecule has 0 saturated carbocycles. The number of hydrogen-bond donors (Lipinski definition) is 1. The van der Waals surface area contributed by atoms with Gasteiger partial charge in [0.25, 0.3) is 5.69 Å². The number of aliphatic hydroxyl groups excluding tert-OH is 1. The maximum Gasteiger partial charge on any atom is 0.272 e. The first-order chi connectivity index (χ1) is 6.65. The molecule has 0 radical (unpaired) electrons. The van der Waals surface area contributed by atoms with Gasteiger partial charge in [-0.05, 0) is 6.07 Å². The van der Waals surface area contributed by atoms with Crippen LogP contribution in [0.15, 0.2) is 18.2 Å². The van der Waals surface area contributed by atoms with Crippen molar-refractivity contribution in [3.63, 3.8) is 0 Å². The topological polar surface area (TPSA) is 72.6 Å². The maximum absolute atomic E-state index is 13.0. The number of benzene rings is 1. The van der Waals surface area contributed by atoms with E-state index in [-0.39, 0.29) is 24.7 Å². The number of hydrogen-bond acceptors (Lipinski definition) is 4. The zero-order valence-electron chi connectivity index (χ0n) is 7.14. The largest absolute Gasteiger partial charge is 0.488 e. The Hall–Kier alpha value is -1.69. The van der Waals surface area contributed by atoms with Crippen LogP contribution in [0.4, 0.5) is 10.1 Å². The highest BCUT2D eigenvalue weighted by Gasteiger charge is 2.10. The predicted molar refractivity (Wildman–Crippen MR) is 45.6 cm³/mol. The van der Waals surface area contributed by atoms with Crippen LogP contribution >= 0.6 is 0 Å². The Kier molecular flexibility index (Phi) is 3.35. The molecule has 0 aliphatic rings. The molecule has 6 heteroatoms. The van der Waals surface area contributed by atoms with Crippen LogP contribution in [-0.2, 0) is 0 Å². The van der Waals surface area contributed by atoms with Gasteiger partial charge < -0.3 is 9.84 Å². The van der Waals surface area contributed by atoms with Crippen molar-refractivity contribution < 1.29 is 19.2 Å². The van der Waals surface area contributed by atoms with Crippen LogP contribution in [0.2, 0.25) is 0 Å². The van der Waals surface area contributed by atoms with Crippen molar-refractivity contribution in [3.05, 3.63) is 34.1 Å². The summed E-state index contributed by atoms with van der Waals surface area (Å²) in [5.41, 5.74) is -0.334.